The molecule has 3 aliphatic rings. The third kappa shape index (κ3) is 1.66. The van der Waals surface area contributed by atoms with Crippen molar-refractivity contribution < 1.29 is 9.59 Å². The van der Waals surface area contributed by atoms with Gasteiger partial charge in [0.15, 0.2) is 5.78 Å². The SMILES string of the molecule is O=C1CCCN(C(=O)C2CC3CCC2C3)C1. The molecule has 1 heterocycles. The van der Waals surface area contributed by atoms with Crippen LogP contribution in [0.4, 0.5) is 0 Å². The van der Waals surface area contributed by atoms with Crippen LogP contribution in [0.25, 0.3) is 0 Å². The zero-order valence-corrected chi connectivity index (χ0v) is 9.65. The van der Waals surface area contributed by atoms with E-state index < -0.39 is 0 Å². The lowest BCUT2D eigenvalue weighted by Crippen LogP contribution is -2.44. The Morgan fingerprint density at radius 2 is 2.12 bits per heavy atom. The number of fused-ring (bicyclic) bond motifs is 2. The van der Waals surface area contributed by atoms with Crippen molar-refractivity contribution in [1.29, 1.82) is 0 Å². The predicted molar refractivity (Wildman–Crippen MR) is 59.8 cm³/mol. The summed E-state index contributed by atoms with van der Waals surface area (Å²) in [7, 11) is 0. The van der Waals surface area contributed by atoms with E-state index in [1.807, 2.05) is 4.90 Å². The fourth-order valence-electron chi connectivity index (χ4n) is 3.81. The van der Waals surface area contributed by atoms with Crippen LogP contribution in [0.15, 0.2) is 0 Å². The van der Waals surface area contributed by atoms with Gasteiger partial charge >= 0.3 is 0 Å². The van der Waals surface area contributed by atoms with Gasteiger partial charge in [-0.3, -0.25) is 9.59 Å². The maximum absolute atomic E-state index is 12.3. The molecule has 0 aromatic rings. The lowest BCUT2D eigenvalue weighted by atomic mass is 9.87. The van der Waals surface area contributed by atoms with E-state index in [9.17, 15) is 9.59 Å². The van der Waals surface area contributed by atoms with E-state index in [-0.39, 0.29) is 17.6 Å². The monoisotopic (exact) mass is 221 g/mol. The molecule has 16 heavy (non-hydrogen) atoms. The number of amides is 1. The smallest absolute Gasteiger partial charge is 0.226 e. The van der Waals surface area contributed by atoms with Crippen LogP contribution in [0.1, 0.15) is 38.5 Å². The molecule has 3 atom stereocenters. The van der Waals surface area contributed by atoms with Crippen LogP contribution in [0.5, 0.6) is 0 Å². The minimum absolute atomic E-state index is 0.239. The topological polar surface area (TPSA) is 37.4 Å². The standard InChI is InChI=1S/C13H19NO2/c15-11-2-1-5-14(8-11)13(16)12-7-9-3-4-10(12)6-9/h9-10,12H,1-8H2. The number of piperidine rings is 1. The molecule has 2 bridgehead atoms. The Morgan fingerprint density at radius 3 is 2.75 bits per heavy atom. The molecule has 1 aliphatic heterocycles. The van der Waals surface area contributed by atoms with Gasteiger partial charge in [-0.1, -0.05) is 6.42 Å². The molecule has 1 saturated heterocycles. The van der Waals surface area contributed by atoms with E-state index in [1.165, 1.54) is 19.3 Å². The number of Topliss-reactive ketones (excluding diaryl/α,β-unsaturated/α-hetero) is 1. The molecule has 1 amide bonds. The van der Waals surface area contributed by atoms with Crippen LogP contribution in [-0.2, 0) is 9.59 Å². The minimum Gasteiger partial charge on any atom is -0.335 e. The average Bonchev–Trinajstić information content (AvgIpc) is 2.89. The summed E-state index contributed by atoms with van der Waals surface area (Å²) in [6, 6.07) is 0. The van der Waals surface area contributed by atoms with Crippen LogP contribution < -0.4 is 0 Å². The zero-order chi connectivity index (χ0) is 11.1. The number of ketones is 1. The highest BCUT2D eigenvalue weighted by atomic mass is 16.2. The summed E-state index contributed by atoms with van der Waals surface area (Å²) < 4.78 is 0. The molecule has 3 heteroatoms. The minimum atomic E-state index is 0.239. The molecule has 0 aromatic carbocycles. The fraction of sp³-hybridized carbons (Fsp3) is 0.846. The first-order chi connectivity index (χ1) is 7.74. The second kappa shape index (κ2) is 3.86. The molecule has 0 aromatic heterocycles. The Balaban J connectivity index is 1.66. The number of rotatable bonds is 1. The van der Waals surface area contributed by atoms with Gasteiger partial charge in [0, 0.05) is 18.9 Å². The van der Waals surface area contributed by atoms with Crippen molar-refractivity contribution in [3.63, 3.8) is 0 Å². The van der Waals surface area contributed by atoms with Gasteiger partial charge in [0.1, 0.15) is 0 Å². The van der Waals surface area contributed by atoms with Crippen LogP contribution in [-0.4, -0.2) is 29.7 Å². The third-order valence-electron chi connectivity index (χ3n) is 4.62. The lowest BCUT2D eigenvalue weighted by Gasteiger charge is -2.31. The number of nitrogens with zero attached hydrogens (tertiary/aromatic N) is 1. The maximum atomic E-state index is 12.3. The molecule has 2 saturated carbocycles. The Kier molecular flexibility index (Phi) is 2.49. The highest BCUT2D eigenvalue weighted by Crippen LogP contribution is 2.48. The van der Waals surface area contributed by atoms with E-state index >= 15 is 0 Å². The molecule has 3 unspecified atom stereocenters. The highest BCUT2D eigenvalue weighted by molar-refractivity contribution is 5.88. The largest absolute Gasteiger partial charge is 0.335 e. The molecule has 2 aliphatic carbocycles. The average molecular weight is 221 g/mol. The lowest BCUT2D eigenvalue weighted by molar-refractivity contribution is -0.142. The van der Waals surface area contributed by atoms with Gasteiger partial charge in [0.2, 0.25) is 5.91 Å². The molecule has 3 nitrogen and oxygen atoms in total. The summed E-state index contributed by atoms with van der Waals surface area (Å²) in [6.45, 7) is 1.19. The van der Waals surface area contributed by atoms with E-state index in [2.05, 4.69) is 0 Å². The Morgan fingerprint density at radius 1 is 1.25 bits per heavy atom. The first kappa shape index (κ1) is 10.3. The van der Waals surface area contributed by atoms with E-state index in [4.69, 9.17) is 0 Å². The van der Waals surface area contributed by atoms with Crippen molar-refractivity contribution in [2.24, 2.45) is 17.8 Å². The van der Waals surface area contributed by atoms with Crippen molar-refractivity contribution >= 4 is 11.7 Å². The molecule has 0 radical (unpaired) electrons. The number of hydrogen-bond donors (Lipinski definition) is 0. The normalized spacial score (nSPS) is 38.1. The Bertz CT molecular complexity index is 326. The van der Waals surface area contributed by atoms with Gasteiger partial charge in [-0.05, 0) is 37.5 Å². The van der Waals surface area contributed by atoms with Gasteiger partial charge in [0.25, 0.3) is 0 Å². The van der Waals surface area contributed by atoms with Gasteiger partial charge < -0.3 is 4.90 Å². The number of likely N-dealkylation sites (tertiary alicyclic amines) is 1. The summed E-state index contributed by atoms with van der Waals surface area (Å²) in [4.78, 5) is 25.5. The molecule has 88 valence electrons. The summed E-state index contributed by atoms with van der Waals surface area (Å²) >= 11 is 0. The van der Waals surface area contributed by atoms with Gasteiger partial charge in [-0.25, -0.2) is 0 Å². The van der Waals surface area contributed by atoms with Crippen molar-refractivity contribution in [3.8, 4) is 0 Å². The van der Waals surface area contributed by atoms with Crippen molar-refractivity contribution in [3.05, 3.63) is 0 Å². The van der Waals surface area contributed by atoms with Crippen LogP contribution in [0, 0.1) is 17.8 Å². The van der Waals surface area contributed by atoms with Crippen LogP contribution in [0.2, 0.25) is 0 Å². The summed E-state index contributed by atoms with van der Waals surface area (Å²) in [5.41, 5.74) is 0. The fourth-order valence-corrected chi connectivity index (χ4v) is 3.81. The zero-order valence-electron chi connectivity index (χ0n) is 9.65. The summed E-state index contributed by atoms with van der Waals surface area (Å²) in [5.74, 6) is 2.21. The summed E-state index contributed by atoms with van der Waals surface area (Å²) in [6.07, 6.45) is 6.45. The van der Waals surface area contributed by atoms with Gasteiger partial charge in [-0.15, -0.1) is 0 Å². The quantitative estimate of drug-likeness (QED) is 0.674. The van der Waals surface area contributed by atoms with Crippen LogP contribution in [0.3, 0.4) is 0 Å². The Hall–Kier alpha value is -0.860. The van der Waals surface area contributed by atoms with Gasteiger partial charge in [0.05, 0.1) is 6.54 Å². The Labute approximate surface area is 96.2 Å². The molecule has 3 rings (SSSR count). The highest BCUT2D eigenvalue weighted by Gasteiger charge is 2.44. The van der Waals surface area contributed by atoms with E-state index in [0.717, 1.165) is 25.3 Å². The summed E-state index contributed by atoms with van der Waals surface area (Å²) in [5, 5.41) is 0. The van der Waals surface area contributed by atoms with Crippen molar-refractivity contribution in [1.82, 2.24) is 4.90 Å². The maximum Gasteiger partial charge on any atom is 0.226 e. The van der Waals surface area contributed by atoms with Gasteiger partial charge in [-0.2, -0.15) is 0 Å². The second-order valence-electron chi connectivity index (χ2n) is 5.68. The predicted octanol–water partition coefficient (Wildman–Crippen LogP) is 1.61. The number of carbonyl (C=O) groups excluding carboxylic acids is 2. The van der Waals surface area contributed by atoms with E-state index in [0.29, 0.717) is 18.9 Å². The molecular weight excluding hydrogens is 202 g/mol. The van der Waals surface area contributed by atoms with Crippen molar-refractivity contribution in [2.45, 2.75) is 38.5 Å². The van der Waals surface area contributed by atoms with E-state index in [1.54, 1.807) is 0 Å². The second-order valence-corrected chi connectivity index (χ2v) is 5.68. The number of carbonyl (C=O) groups is 2. The third-order valence-corrected chi connectivity index (χ3v) is 4.62. The van der Waals surface area contributed by atoms with Crippen LogP contribution >= 0.6 is 0 Å². The molecule has 3 fully saturated rings. The molecular formula is C13H19NO2. The van der Waals surface area contributed by atoms with Crippen molar-refractivity contribution in [2.75, 3.05) is 13.1 Å². The first-order valence-electron chi connectivity index (χ1n) is 6.54. The number of hydrogen-bond acceptors (Lipinski definition) is 2. The molecule has 0 spiro atoms. The molecule has 0 N–H and O–H groups in total. The first-order valence-corrected chi connectivity index (χ1v) is 6.54.